The zero-order chi connectivity index (χ0) is 111. The lowest BCUT2D eigenvalue weighted by Crippen LogP contribution is -2.12. The summed E-state index contributed by atoms with van der Waals surface area (Å²) in [7, 11) is 7.58. The van der Waals surface area contributed by atoms with E-state index in [0.29, 0.717) is 104 Å². The van der Waals surface area contributed by atoms with Gasteiger partial charge in [0.15, 0.2) is 0 Å². The SMILES string of the molecule is COC(=O)Cc1cccc(Br)c1COc1ccc(C)cc1C(F)(F)F.COC(=O)Cc1cccc(C)c1COc1ccc(C)cc1C(F)(F)F.COC(=O)Cc1cccc(Cl)c1COc1ccc(C)cc1C(F)(F)F.COC(=O)Cc1cccc(F)c1COc1ccc(C)cc1C(F)(F)F.COC(=O)Cc1cccc(I)c1COc1ccc(C)cc1C(F)(F)F.COC(=O)Cc1ccccc1COc1ccc(C)cc1C(F)(F)F. The fraction of sp³-hybridized carbons (Fsp3) is 0.284. The van der Waals surface area contributed by atoms with E-state index in [-0.39, 0.29) is 106 Å². The molecule has 798 valence electrons. The molecule has 0 aliphatic heterocycles. The largest absolute Gasteiger partial charge is 0.488 e. The number of rotatable bonds is 30. The van der Waals surface area contributed by atoms with Gasteiger partial charge in [-0.25, -0.2) is 4.39 Å². The van der Waals surface area contributed by atoms with Crippen molar-refractivity contribution in [2.24, 2.45) is 0 Å². The maximum absolute atomic E-state index is 14.1. The molecule has 0 aliphatic carbocycles. The van der Waals surface area contributed by atoms with Gasteiger partial charge in [0.25, 0.3) is 0 Å². The van der Waals surface area contributed by atoms with Crippen molar-refractivity contribution in [2.75, 3.05) is 42.7 Å². The number of carbonyl (C=O) groups is 6. The van der Waals surface area contributed by atoms with Crippen molar-refractivity contribution in [2.45, 2.75) is 164 Å². The van der Waals surface area contributed by atoms with Crippen LogP contribution in [0.25, 0.3) is 0 Å². The molecule has 0 heterocycles. The maximum Gasteiger partial charge on any atom is 0.419 e. The molecule has 0 bridgehead atoms. The number of carbonyl (C=O) groups excluding carboxylic acids is 6. The molecule has 0 aliphatic rings. The summed E-state index contributed by atoms with van der Waals surface area (Å²) in [5.74, 6) is -5.07. The third-order valence-electron chi connectivity index (χ3n) is 21.7. The molecule has 0 amide bonds. The molecule has 12 rings (SSSR count). The van der Waals surface area contributed by atoms with Gasteiger partial charge in [0.1, 0.15) is 80.0 Å². The van der Waals surface area contributed by atoms with E-state index in [2.05, 4.69) is 66.9 Å². The summed E-state index contributed by atoms with van der Waals surface area (Å²) < 4.78 is 312. The molecule has 149 heavy (non-hydrogen) atoms. The van der Waals surface area contributed by atoms with Crippen molar-refractivity contribution in [1.29, 1.82) is 0 Å². The van der Waals surface area contributed by atoms with Crippen LogP contribution in [0.3, 0.4) is 0 Å². The zero-order valence-corrected chi connectivity index (χ0v) is 86.5. The molecule has 0 spiro atoms. The molecule has 0 radical (unpaired) electrons. The second kappa shape index (κ2) is 56.2. The highest BCUT2D eigenvalue weighted by molar-refractivity contribution is 14.1. The van der Waals surface area contributed by atoms with E-state index in [1.54, 1.807) is 150 Å². The Morgan fingerprint density at radius 1 is 0.262 bits per heavy atom. The minimum atomic E-state index is -4.59. The first-order valence-corrected chi connectivity index (χ1v) is 46.6. The van der Waals surface area contributed by atoms with Gasteiger partial charge >= 0.3 is 72.9 Å². The van der Waals surface area contributed by atoms with Gasteiger partial charge in [-0.05, 0) is 218 Å². The number of aryl methyl sites for hydroxylation is 7. The molecule has 0 fully saturated rings. The molecule has 0 atom stereocenters. The highest BCUT2D eigenvalue weighted by Crippen LogP contribution is 2.45. The molecular formula is C109H100BrClF19IO18. The molecule has 18 nitrogen and oxygen atoms in total. The van der Waals surface area contributed by atoms with E-state index >= 15 is 0 Å². The molecule has 12 aromatic carbocycles. The Bertz CT molecular complexity index is 5840. The lowest BCUT2D eigenvalue weighted by molar-refractivity contribution is -0.140. The van der Waals surface area contributed by atoms with Gasteiger partial charge in [-0.2, -0.15) is 79.0 Å². The number of methoxy groups -OCH3 is 6. The standard InChI is InChI=1S/C19H19F3O3.C18H16BrF3O3.C18H16ClF3O3.C18H16F4O3.C18H16F3IO3.C18H17F3O3/c1-12-7-8-17(16(9-12)19(20,21)22)25-11-15-13(2)5-4-6-14(15)10-18(23)24-3;3*1-11-6-7-16(14(8-11)18(20,21)22)25-10-13-12(9-17(23)24-2)4-3-5-15(13)19;1-11-6-7-16(14(8-11)18(19,20)21)25-10-13-12(9-17(23)24-2)4-3-5-15(13)22;1-12-7-8-16(15(9-12)18(19,20)21)24-11-14-6-4-3-5-13(14)10-17(22)23-2/h4-9H,10-11H2,1-3H3;4*3-8H,9-10H2,1-2H3;3-9H,10-11H2,1-2H3. The van der Waals surface area contributed by atoms with Gasteiger partial charge in [-0.15, -0.1) is 0 Å². The van der Waals surface area contributed by atoms with Gasteiger partial charge < -0.3 is 56.8 Å². The lowest BCUT2D eigenvalue weighted by atomic mass is 10.00. The zero-order valence-electron chi connectivity index (χ0n) is 82.0. The summed E-state index contributed by atoms with van der Waals surface area (Å²) in [5.41, 5.74) is 5.20. The fourth-order valence-electron chi connectivity index (χ4n) is 13.9. The number of hydrogen-bond donors (Lipinski definition) is 0. The Balaban J connectivity index is 0.000000242. The summed E-state index contributed by atoms with van der Waals surface area (Å²) in [6, 6.07) is 54.8. The van der Waals surface area contributed by atoms with E-state index in [0.717, 1.165) is 51.6 Å². The van der Waals surface area contributed by atoms with E-state index in [1.165, 1.54) is 110 Å². The lowest BCUT2D eigenvalue weighted by Gasteiger charge is -2.17. The third kappa shape index (κ3) is 38.5. The summed E-state index contributed by atoms with van der Waals surface area (Å²) in [4.78, 5) is 68.9. The predicted octanol–water partition coefficient (Wildman–Crippen LogP) is 28.3. The second-order valence-corrected chi connectivity index (χ2v) is 35.1. The van der Waals surface area contributed by atoms with Crippen molar-refractivity contribution in [3.05, 3.63) is 382 Å². The van der Waals surface area contributed by atoms with Gasteiger partial charge in [0.2, 0.25) is 0 Å². The Morgan fingerprint density at radius 2 is 0.490 bits per heavy atom. The van der Waals surface area contributed by atoms with Gasteiger partial charge in [0.05, 0.1) is 115 Å². The van der Waals surface area contributed by atoms with E-state index < -0.39 is 124 Å². The van der Waals surface area contributed by atoms with Crippen LogP contribution in [0.2, 0.25) is 5.02 Å². The molecule has 0 aromatic heterocycles. The number of benzene rings is 12. The molecule has 0 saturated carbocycles. The summed E-state index contributed by atoms with van der Waals surface area (Å²) in [6.07, 6.45) is -27.3. The van der Waals surface area contributed by atoms with Crippen LogP contribution in [0.4, 0.5) is 83.4 Å². The number of hydrogen-bond acceptors (Lipinski definition) is 18. The van der Waals surface area contributed by atoms with Crippen molar-refractivity contribution >= 4 is 85.9 Å². The van der Waals surface area contributed by atoms with Gasteiger partial charge in [0, 0.05) is 35.3 Å². The average molecular weight is 2300 g/mol. The van der Waals surface area contributed by atoms with Crippen LogP contribution in [0.5, 0.6) is 34.5 Å². The Kier molecular flexibility index (Phi) is 46.1. The Morgan fingerprint density at radius 3 is 0.812 bits per heavy atom. The Labute approximate surface area is 873 Å². The van der Waals surface area contributed by atoms with E-state index in [9.17, 15) is 112 Å². The normalized spacial score (nSPS) is 11.3. The summed E-state index contributed by atoms with van der Waals surface area (Å²) >= 11 is 11.5. The quantitative estimate of drug-likeness (QED) is 0.0177. The van der Waals surface area contributed by atoms with Crippen molar-refractivity contribution in [3.8, 4) is 34.5 Å². The third-order valence-corrected chi connectivity index (χ3v) is 23.9. The second-order valence-electron chi connectivity index (χ2n) is 32.7. The van der Waals surface area contributed by atoms with Crippen LogP contribution in [0.1, 0.15) is 139 Å². The Hall–Kier alpha value is -13.6. The van der Waals surface area contributed by atoms with Crippen LogP contribution in [-0.2, 0) is 172 Å². The molecule has 0 N–H and O–H groups in total. The van der Waals surface area contributed by atoms with E-state index in [4.69, 9.17) is 40.0 Å². The molecule has 0 saturated heterocycles. The van der Waals surface area contributed by atoms with Crippen LogP contribution in [-0.4, -0.2) is 78.5 Å². The first-order chi connectivity index (χ1) is 69.9. The van der Waals surface area contributed by atoms with Crippen LogP contribution in [0.15, 0.2) is 229 Å². The first-order valence-electron chi connectivity index (χ1n) is 44.4. The number of alkyl halides is 18. The summed E-state index contributed by atoms with van der Waals surface area (Å²) in [6.45, 7) is 10.3. The average Bonchev–Trinajstić information content (AvgIpc) is 0.810. The maximum atomic E-state index is 14.1. The van der Waals surface area contributed by atoms with Crippen molar-refractivity contribution < 1.29 is 169 Å². The first kappa shape index (κ1) is 122. The topological polar surface area (TPSA) is 213 Å². The number of ether oxygens (including phenoxy) is 12. The van der Waals surface area contributed by atoms with Crippen LogP contribution < -0.4 is 28.4 Å². The van der Waals surface area contributed by atoms with Gasteiger partial charge in [-0.1, -0.05) is 188 Å². The smallest absolute Gasteiger partial charge is 0.419 e. The van der Waals surface area contributed by atoms with Crippen molar-refractivity contribution in [3.63, 3.8) is 0 Å². The molecule has 40 heteroatoms. The monoisotopic (exact) mass is 2300 g/mol. The molecule has 0 unspecified atom stereocenters. The van der Waals surface area contributed by atoms with Crippen molar-refractivity contribution in [1.82, 2.24) is 0 Å². The highest BCUT2D eigenvalue weighted by atomic mass is 127. The molecular weight excluding hydrogens is 2200 g/mol. The predicted molar refractivity (Wildman–Crippen MR) is 526 cm³/mol. The van der Waals surface area contributed by atoms with Gasteiger partial charge in [-0.3, -0.25) is 28.8 Å². The van der Waals surface area contributed by atoms with Crippen LogP contribution >= 0.6 is 50.1 Å². The number of esters is 6. The molecule has 12 aromatic rings. The summed E-state index contributed by atoms with van der Waals surface area (Å²) in [5, 5.41) is 0.307. The van der Waals surface area contributed by atoms with E-state index in [1.807, 2.05) is 13.0 Å². The highest BCUT2D eigenvalue weighted by Gasteiger charge is 2.41. The minimum Gasteiger partial charge on any atom is -0.488 e. The van der Waals surface area contributed by atoms with Crippen LogP contribution in [0, 0.1) is 57.9 Å². The number of halogens is 22. The fourth-order valence-corrected chi connectivity index (χ4v) is 15.4. The minimum absolute atomic E-state index is 0.00859.